The van der Waals surface area contributed by atoms with E-state index in [4.69, 9.17) is 15.0 Å². The Balaban J connectivity index is 2.25. The molecule has 5 heteroatoms. The molecule has 1 unspecified atom stereocenters. The van der Waals surface area contributed by atoms with Gasteiger partial charge in [-0.05, 0) is 26.8 Å². The van der Waals surface area contributed by atoms with Gasteiger partial charge >= 0.3 is 7.12 Å². The van der Waals surface area contributed by atoms with Crippen molar-refractivity contribution >= 4 is 12.6 Å². The van der Waals surface area contributed by atoms with E-state index in [1.165, 1.54) is 0 Å². The summed E-state index contributed by atoms with van der Waals surface area (Å²) in [5, 5.41) is 0. The monoisotopic (exact) mass is 220 g/mol. The molecule has 1 saturated heterocycles. The third kappa shape index (κ3) is 1.75. The van der Waals surface area contributed by atoms with Crippen LogP contribution < -0.4 is 11.2 Å². The van der Waals surface area contributed by atoms with Gasteiger partial charge in [0.25, 0.3) is 0 Å². The van der Waals surface area contributed by atoms with Crippen LogP contribution in [0.15, 0.2) is 24.5 Å². The third-order valence-electron chi connectivity index (χ3n) is 3.39. The molecule has 1 atom stereocenters. The van der Waals surface area contributed by atoms with E-state index >= 15 is 0 Å². The lowest BCUT2D eigenvalue weighted by atomic mass is 9.80. The van der Waals surface area contributed by atoms with E-state index in [1.807, 2.05) is 32.9 Å². The van der Waals surface area contributed by atoms with Crippen LogP contribution in [0.4, 0.5) is 0 Å². The fourth-order valence-electron chi connectivity index (χ4n) is 1.74. The zero-order valence-corrected chi connectivity index (χ0v) is 9.93. The lowest BCUT2D eigenvalue weighted by Crippen LogP contribution is -2.50. The lowest BCUT2D eigenvalue weighted by Gasteiger charge is -2.35. The highest BCUT2D eigenvalue weighted by atomic mass is 16.7. The maximum Gasteiger partial charge on any atom is 0.496 e. The molecule has 2 heterocycles. The molecule has 0 aliphatic carbocycles. The first-order valence-electron chi connectivity index (χ1n) is 5.44. The van der Waals surface area contributed by atoms with Crippen LogP contribution in [0.2, 0.25) is 0 Å². The van der Waals surface area contributed by atoms with E-state index in [1.54, 1.807) is 12.4 Å². The number of nitrogens with zero attached hydrogens (tertiary/aromatic N) is 1. The molecule has 1 fully saturated rings. The molecule has 16 heavy (non-hydrogen) atoms. The van der Waals surface area contributed by atoms with E-state index in [0.29, 0.717) is 6.54 Å². The topological polar surface area (TPSA) is 57.4 Å². The van der Waals surface area contributed by atoms with E-state index in [9.17, 15) is 0 Å². The molecular weight excluding hydrogens is 203 g/mol. The number of pyridine rings is 1. The fourth-order valence-corrected chi connectivity index (χ4v) is 1.74. The molecule has 2 rings (SSSR count). The van der Waals surface area contributed by atoms with Crippen LogP contribution >= 0.6 is 0 Å². The Bertz CT molecular complexity index is 372. The molecule has 1 aromatic heterocycles. The van der Waals surface area contributed by atoms with Gasteiger partial charge in [-0.15, -0.1) is 0 Å². The molecular formula is C11H17BN2O2. The van der Waals surface area contributed by atoms with E-state index in [2.05, 4.69) is 4.98 Å². The predicted molar refractivity (Wildman–Crippen MR) is 63.3 cm³/mol. The summed E-state index contributed by atoms with van der Waals surface area (Å²) in [4.78, 5) is 4.06. The molecule has 2 N–H and O–H groups in total. The maximum atomic E-state index is 5.91. The average Bonchev–Trinajstić information content (AvgIpc) is 2.52. The Labute approximate surface area is 96.3 Å². The lowest BCUT2D eigenvalue weighted by molar-refractivity contribution is -0.00187. The summed E-state index contributed by atoms with van der Waals surface area (Å²) in [6.45, 7) is 6.40. The SMILES string of the molecule is CC1(C)OB(c2cccnc2)OC1(C)CN. The summed E-state index contributed by atoms with van der Waals surface area (Å²) in [6, 6.07) is 3.81. The van der Waals surface area contributed by atoms with E-state index < -0.39 is 11.2 Å². The van der Waals surface area contributed by atoms with Gasteiger partial charge in [0.1, 0.15) is 0 Å². The second-order valence-electron chi connectivity index (χ2n) is 4.80. The first kappa shape index (κ1) is 11.6. The van der Waals surface area contributed by atoms with Crippen molar-refractivity contribution in [1.82, 2.24) is 4.98 Å². The first-order chi connectivity index (χ1) is 7.48. The highest BCUT2D eigenvalue weighted by molar-refractivity contribution is 6.62. The summed E-state index contributed by atoms with van der Waals surface area (Å²) in [6.07, 6.45) is 3.48. The molecule has 1 aromatic rings. The van der Waals surface area contributed by atoms with Gasteiger partial charge in [0.05, 0.1) is 11.2 Å². The smallest absolute Gasteiger partial charge is 0.399 e. The molecule has 0 bridgehead atoms. The van der Waals surface area contributed by atoms with Gasteiger partial charge in [0, 0.05) is 24.4 Å². The second-order valence-corrected chi connectivity index (χ2v) is 4.80. The summed E-state index contributed by atoms with van der Waals surface area (Å²) in [7, 11) is -0.378. The summed E-state index contributed by atoms with van der Waals surface area (Å²) < 4.78 is 11.8. The average molecular weight is 220 g/mol. The minimum absolute atomic E-state index is 0.378. The van der Waals surface area contributed by atoms with E-state index in [-0.39, 0.29) is 7.12 Å². The first-order valence-corrected chi connectivity index (χ1v) is 5.44. The van der Waals surface area contributed by atoms with Crippen molar-refractivity contribution < 1.29 is 9.31 Å². The zero-order chi connectivity index (χ0) is 11.8. The predicted octanol–water partition coefficient (Wildman–Crippen LogP) is 0.320. The standard InChI is InChI=1S/C11H17BN2O2/c1-10(2)11(3,8-13)16-12(15-10)9-5-4-6-14-7-9/h4-7H,8,13H2,1-3H3. The van der Waals surface area contributed by atoms with Gasteiger partial charge < -0.3 is 15.0 Å². The Kier molecular flexibility index (Phi) is 2.78. The molecule has 1 aliphatic rings. The number of hydrogen-bond donors (Lipinski definition) is 1. The van der Waals surface area contributed by atoms with Gasteiger partial charge in [0.2, 0.25) is 0 Å². The van der Waals surface area contributed by atoms with Crippen molar-refractivity contribution in [3.63, 3.8) is 0 Å². The molecule has 4 nitrogen and oxygen atoms in total. The Morgan fingerprint density at radius 1 is 1.38 bits per heavy atom. The molecule has 0 amide bonds. The highest BCUT2D eigenvalue weighted by Crippen LogP contribution is 2.36. The highest BCUT2D eigenvalue weighted by Gasteiger charge is 2.53. The van der Waals surface area contributed by atoms with Crippen LogP contribution in [-0.2, 0) is 9.31 Å². The molecule has 0 saturated carbocycles. The van der Waals surface area contributed by atoms with Crippen LogP contribution in [0.25, 0.3) is 0 Å². The second kappa shape index (κ2) is 3.84. The van der Waals surface area contributed by atoms with Crippen LogP contribution in [-0.4, -0.2) is 29.8 Å². The van der Waals surface area contributed by atoms with Gasteiger partial charge in [-0.2, -0.15) is 0 Å². The molecule has 86 valence electrons. The fraction of sp³-hybridized carbons (Fsp3) is 0.545. The largest absolute Gasteiger partial charge is 0.496 e. The van der Waals surface area contributed by atoms with E-state index in [0.717, 1.165) is 5.46 Å². The van der Waals surface area contributed by atoms with Crippen molar-refractivity contribution in [2.75, 3.05) is 6.54 Å². The van der Waals surface area contributed by atoms with Crippen LogP contribution in [0.1, 0.15) is 20.8 Å². The normalized spacial score (nSPS) is 28.4. The number of rotatable bonds is 2. The number of hydrogen-bond acceptors (Lipinski definition) is 4. The molecule has 0 aromatic carbocycles. The molecule has 0 radical (unpaired) electrons. The minimum Gasteiger partial charge on any atom is -0.399 e. The van der Waals surface area contributed by atoms with Crippen molar-refractivity contribution in [2.45, 2.75) is 32.0 Å². The number of aromatic nitrogens is 1. The maximum absolute atomic E-state index is 5.91. The Morgan fingerprint density at radius 2 is 2.12 bits per heavy atom. The van der Waals surface area contributed by atoms with Gasteiger partial charge in [-0.1, -0.05) is 6.07 Å². The minimum atomic E-state index is -0.465. The number of nitrogens with two attached hydrogens (primary N) is 1. The van der Waals surface area contributed by atoms with Gasteiger partial charge in [-0.3, -0.25) is 4.98 Å². The van der Waals surface area contributed by atoms with Crippen molar-refractivity contribution in [3.8, 4) is 0 Å². The van der Waals surface area contributed by atoms with Crippen LogP contribution in [0, 0.1) is 0 Å². The summed E-state index contributed by atoms with van der Waals surface area (Å²) in [5.41, 5.74) is 5.82. The van der Waals surface area contributed by atoms with Crippen molar-refractivity contribution in [1.29, 1.82) is 0 Å². The summed E-state index contributed by atoms with van der Waals surface area (Å²) in [5.74, 6) is 0. The Hall–Kier alpha value is -0.905. The van der Waals surface area contributed by atoms with Crippen LogP contribution in [0.5, 0.6) is 0 Å². The molecule has 0 spiro atoms. The van der Waals surface area contributed by atoms with Crippen molar-refractivity contribution in [3.05, 3.63) is 24.5 Å². The van der Waals surface area contributed by atoms with Gasteiger partial charge in [0.15, 0.2) is 0 Å². The quantitative estimate of drug-likeness (QED) is 0.729. The van der Waals surface area contributed by atoms with Crippen LogP contribution in [0.3, 0.4) is 0 Å². The molecule has 1 aliphatic heterocycles. The van der Waals surface area contributed by atoms with Crippen molar-refractivity contribution in [2.24, 2.45) is 5.73 Å². The van der Waals surface area contributed by atoms with Gasteiger partial charge in [-0.25, -0.2) is 0 Å². The third-order valence-corrected chi connectivity index (χ3v) is 3.39. The summed E-state index contributed by atoms with van der Waals surface area (Å²) >= 11 is 0. The Morgan fingerprint density at radius 3 is 2.62 bits per heavy atom. The zero-order valence-electron chi connectivity index (χ0n) is 9.93.